The summed E-state index contributed by atoms with van der Waals surface area (Å²) in [6.45, 7) is 12.0. The van der Waals surface area contributed by atoms with E-state index in [1.165, 1.54) is 0 Å². The zero-order valence-electron chi connectivity index (χ0n) is 16.4. The van der Waals surface area contributed by atoms with Crippen LogP contribution in [-0.4, -0.2) is 60.2 Å². The Hall–Kier alpha value is -2.25. The van der Waals surface area contributed by atoms with Gasteiger partial charge in [-0.3, -0.25) is 9.69 Å². The molecule has 1 saturated heterocycles. The quantitative estimate of drug-likeness (QED) is 0.808. The third-order valence-electron chi connectivity index (χ3n) is 4.46. The number of nitrogens with one attached hydrogen (secondary N) is 2. The first-order valence-electron chi connectivity index (χ1n) is 9.55. The van der Waals surface area contributed by atoms with E-state index in [0.717, 1.165) is 38.3 Å². The first-order chi connectivity index (χ1) is 12.9. The summed E-state index contributed by atoms with van der Waals surface area (Å²) in [5.74, 6) is 1.05. The first kappa shape index (κ1) is 19.5. The lowest BCUT2D eigenvalue weighted by Gasteiger charge is -2.27. The van der Waals surface area contributed by atoms with Crippen LogP contribution in [0.25, 0.3) is 11.4 Å². The van der Waals surface area contributed by atoms with Gasteiger partial charge in [-0.2, -0.15) is 4.98 Å². The summed E-state index contributed by atoms with van der Waals surface area (Å²) in [7, 11) is 0. The first-order valence-corrected chi connectivity index (χ1v) is 9.55. The van der Waals surface area contributed by atoms with E-state index in [1.54, 1.807) is 6.07 Å². The van der Waals surface area contributed by atoms with E-state index in [1.807, 2.05) is 18.2 Å². The summed E-state index contributed by atoms with van der Waals surface area (Å²) >= 11 is 0. The molecule has 146 valence electrons. The largest absolute Gasteiger partial charge is 0.351 e. The molecule has 0 radical (unpaired) electrons. The third kappa shape index (κ3) is 5.87. The smallest absolute Gasteiger partial charge is 0.251 e. The normalized spacial score (nSPS) is 15.7. The Bertz CT molecular complexity index is 760. The molecule has 27 heavy (non-hydrogen) atoms. The van der Waals surface area contributed by atoms with Gasteiger partial charge in [0, 0.05) is 56.8 Å². The molecule has 0 bridgehead atoms. The van der Waals surface area contributed by atoms with Gasteiger partial charge in [0.15, 0.2) is 0 Å². The fourth-order valence-electron chi connectivity index (χ4n) is 3.06. The molecular weight excluding hydrogens is 342 g/mol. The summed E-state index contributed by atoms with van der Waals surface area (Å²) in [5, 5.41) is 10.4. The molecule has 7 heteroatoms. The van der Waals surface area contributed by atoms with E-state index in [-0.39, 0.29) is 11.3 Å². The lowest BCUT2D eigenvalue weighted by Crippen LogP contribution is -2.46. The number of piperazine rings is 1. The Morgan fingerprint density at radius 1 is 1.30 bits per heavy atom. The van der Waals surface area contributed by atoms with E-state index in [0.29, 0.717) is 30.2 Å². The van der Waals surface area contributed by atoms with Crippen LogP contribution in [-0.2, 0) is 6.42 Å². The Kier molecular flexibility index (Phi) is 6.23. The number of aromatic nitrogens is 2. The van der Waals surface area contributed by atoms with Gasteiger partial charge in [0.05, 0.1) is 0 Å². The number of hydrogen-bond donors (Lipinski definition) is 2. The van der Waals surface area contributed by atoms with Crippen LogP contribution >= 0.6 is 0 Å². The van der Waals surface area contributed by atoms with E-state index in [9.17, 15) is 4.79 Å². The zero-order chi connectivity index (χ0) is 19.3. The van der Waals surface area contributed by atoms with Gasteiger partial charge in [-0.1, -0.05) is 38.1 Å². The minimum absolute atomic E-state index is 0.0783. The summed E-state index contributed by atoms with van der Waals surface area (Å²) < 4.78 is 5.36. The molecule has 1 fully saturated rings. The molecule has 2 N–H and O–H groups in total. The molecule has 2 aromatic rings. The molecule has 3 rings (SSSR count). The molecule has 1 aromatic carbocycles. The molecule has 1 aliphatic rings. The monoisotopic (exact) mass is 371 g/mol. The number of benzene rings is 1. The van der Waals surface area contributed by atoms with Crippen LogP contribution in [0.1, 0.15) is 37.0 Å². The van der Waals surface area contributed by atoms with Crippen molar-refractivity contribution in [3.8, 4) is 11.4 Å². The number of nitrogens with zero attached hydrogens (tertiary/aromatic N) is 3. The highest BCUT2D eigenvalue weighted by Gasteiger charge is 2.18. The topological polar surface area (TPSA) is 83.3 Å². The van der Waals surface area contributed by atoms with Crippen LogP contribution in [0, 0.1) is 5.41 Å². The summed E-state index contributed by atoms with van der Waals surface area (Å²) in [6, 6.07) is 7.36. The van der Waals surface area contributed by atoms with Crippen molar-refractivity contribution in [3.05, 3.63) is 35.7 Å². The predicted octanol–water partition coefficient (Wildman–Crippen LogP) is 1.96. The van der Waals surface area contributed by atoms with Crippen molar-refractivity contribution in [2.24, 2.45) is 5.41 Å². The van der Waals surface area contributed by atoms with Gasteiger partial charge < -0.3 is 15.2 Å². The fourth-order valence-corrected chi connectivity index (χ4v) is 3.06. The lowest BCUT2D eigenvalue weighted by atomic mass is 9.92. The lowest BCUT2D eigenvalue weighted by molar-refractivity contribution is 0.0947. The van der Waals surface area contributed by atoms with Crippen molar-refractivity contribution in [1.29, 1.82) is 0 Å². The molecule has 1 aliphatic heterocycles. The number of carbonyl (C=O) groups excluding carboxylic acids is 1. The fraction of sp³-hybridized carbons (Fsp3) is 0.550. The standard InChI is InChI=1S/C20H29N5O2/c1-20(2,3)14-17-23-18(24-27-17)15-5-4-6-16(13-15)19(26)22-9-12-25-10-7-21-8-11-25/h4-6,13,21H,7-12,14H2,1-3H3,(H,22,26). The summed E-state index contributed by atoms with van der Waals surface area (Å²) in [4.78, 5) is 19.3. The van der Waals surface area contributed by atoms with Crippen LogP contribution in [0.4, 0.5) is 0 Å². The molecule has 1 amide bonds. The van der Waals surface area contributed by atoms with Crippen molar-refractivity contribution < 1.29 is 9.32 Å². The number of carbonyl (C=O) groups is 1. The van der Waals surface area contributed by atoms with E-state index >= 15 is 0 Å². The summed E-state index contributed by atoms with van der Waals surface area (Å²) in [6.07, 6.45) is 0.714. The Morgan fingerprint density at radius 3 is 2.81 bits per heavy atom. The van der Waals surface area contributed by atoms with Crippen molar-refractivity contribution in [2.75, 3.05) is 39.3 Å². The molecule has 0 spiro atoms. The van der Waals surface area contributed by atoms with Crippen molar-refractivity contribution in [1.82, 2.24) is 25.7 Å². The maximum Gasteiger partial charge on any atom is 0.251 e. The maximum absolute atomic E-state index is 12.5. The summed E-state index contributed by atoms with van der Waals surface area (Å²) in [5.41, 5.74) is 1.47. The van der Waals surface area contributed by atoms with Crippen LogP contribution in [0.2, 0.25) is 0 Å². The molecule has 2 heterocycles. The number of amides is 1. The molecule has 7 nitrogen and oxygen atoms in total. The van der Waals surface area contributed by atoms with Crippen LogP contribution in [0.5, 0.6) is 0 Å². The van der Waals surface area contributed by atoms with Crippen LogP contribution < -0.4 is 10.6 Å². The molecule has 0 unspecified atom stereocenters. The van der Waals surface area contributed by atoms with Crippen LogP contribution in [0.15, 0.2) is 28.8 Å². The third-order valence-corrected chi connectivity index (χ3v) is 4.46. The second kappa shape index (κ2) is 8.63. The van der Waals surface area contributed by atoms with Gasteiger partial charge in [-0.15, -0.1) is 0 Å². The zero-order valence-corrected chi connectivity index (χ0v) is 16.4. The van der Waals surface area contributed by atoms with E-state index in [2.05, 4.69) is 46.4 Å². The van der Waals surface area contributed by atoms with Gasteiger partial charge in [0.2, 0.25) is 11.7 Å². The molecule has 0 atom stereocenters. The second-order valence-corrected chi connectivity index (χ2v) is 8.18. The van der Waals surface area contributed by atoms with Gasteiger partial charge in [0.1, 0.15) is 0 Å². The average Bonchev–Trinajstić information content (AvgIpc) is 3.09. The van der Waals surface area contributed by atoms with E-state index in [4.69, 9.17) is 4.52 Å². The van der Waals surface area contributed by atoms with Gasteiger partial charge in [-0.05, 0) is 17.5 Å². The Labute approximate surface area is 160 Å². The average molecular weight is 371 g/mol. The Balaban J connectivity index is 1.58. The van der Waals surface area contributed by atoms with Gasteiger partial charge >= 0.3 is 0 Å². The van der Waals surface area contributed by atoms with Crippen molar-refractivity contribution in [3.63, 3.8) is 0 Å². The van der Waals surface area contributed by atoms with Crippen LogP contribution in [0.3, 0.4) is 0 Å². The highest BCUT2D eigenvalue weighted by atomic mass is 16.5. The SMILES string of the molecule is CC(C)(C)Cc1nc(-c2cccc(C(=O)NCCN3CCNCC3)c2)no1. The highest BCUT2D eigenvalue weighted by Crippen LogP contribution is 2.22. The van der Waals surface area contributed by atoms with Gasteiger partial charge in [-0.25, -0.2) is 0 Å². The van der Waals surface area contributed by atoms with Crippen molar-refractivity contribution >= 4 is 5.91 Å². The minimum Gasteiger partial charge on any atom is -0.351 e. The molecule has 0 saturated carbocycles. The van der Waals surface area contributed by atoms with E-state index < -0.39 is 0 Å². The van der Waals surface area contributed by atoms with Gasteiger partial charge in [0.25, 0.3) is 5.91 Å². The highest BCUT2D eigenvalue weighted by molar-refractivity contribution is 5.95. The minimum atomic E-state index is -0.0783. The van der Waals surface area contributed by atoms with Crippen molar-refractivity contribution in [2.45, 2.75) is 27.2 Å². The Morgan fingerprint density at radius 2 is 2.07 bits per heavy atom. The second-order valence-electron chi connectivity index (χ2n) is 8.18. The number of hydrogen-bond acceptors (Lipinski definition) is 6. The number of rotatable bonds is 6. The predicted molar refractivity (Wildman–Crippen MR) is 105 cm³/mol. The maximum atomic E-state index is 12.5. The molecule has 1 aromatic heterocycles. The molecule has 0 aliphatic carbocycles. The molecular formula is C20H29N5O2.